The Bertz CT molecular complexity index is 491. The van der Waals surface area contributed by atoms with Crippen LogP contribution < -0.4 is 10.0 Å². The highest BCUT2D eigenvalue weighted by atomic mass is 32.2. The second-order valence-corrected chi connectivity index (χ2v) is 9.16. The number of nitrogens with zero attached hydrogens (tertiary/aromatic N) is 1. The van der Waals surface area contributed by atoms with Crippen molar-refractivity contribution in [3.05, 3.63) is 0 Å². The Balaban J connectivity index is 1.83. The number of sulfonamides is 1. The van der Waals surface area contributed by atoms with E-state index in [0.29, 0.717) is 24.9 Å². The van der Waals surface area contributed by atoms with Gasteiger partial charge in [-0.15, -0.1) is 0 Å². The van der Waals surface area contributed by atoms with Crippen LogP contribution in [0.5, 0.6) is 0 Å². The van der Waals surface area contributed by atoms with Gasteiger partial charge >= 0.3 is 0 Å². The van der Waals surface area contributed by atoms with Crippen LogP contribution >= 0.6 is 0 Å². The Morgan fingerprint density at radius 3 is 2.09 bits per heavy atom. The van der Waals surface area contributed by atoms with E-state index in [9.17, 15) is 13.2 Å². The zero-order valence-electron chi connectivity index (χ0n) is 14.5. The number of carbonyl (C=O) groups is 1. The molecular weight excluding hydrogens is 314 g/mol. The molecule has 1 heterocycles. The first-order chi connectivity index (χ1) is 10.8. The molecule has 1 aliphatic heterocycles. The van der Waals surface area contributed by atoms with Crippen LogP contribution in [0.4, 0.5) is 0 Å². The lowest BCUT2D eigenvalue weighted by Gasteiger charge is -2.40. The van der Waals surface area contributed by atoms with E-state index in [2.05, 4.69) is 14.9 Å². The highest BCUT2D eigenvalue weighted by molar-refractivity contribution is 7.90. The summed E-state index contributed by atoms with van der Waals surface area (Å²) in [7, 11) is -1.51. The van der Waals surface area contributed by atoms with Crippen molar-refractivity contribution in [3.8, 4) is 0 Å². The third-order valence-electron chi connectivity index (χ3n) is 5.30. The number of amides is 1. The minimum absolute atomic E-state index is 0.313. The van der Waals surface area contributed by atoms with E-state index >= 15 is 0 Å². The molecule has 2 rings (SSSR count). The van der Waals surface area contributed by atoms with Gasteiger partial charge < -0.3 is 10.2 Å². The van der Waals surface area contributed by atoms with Crippen molar-refractivity contribution in [3.63, 3.8) is 0 Å². The van der Waals surface area contributed by atoms with Crippen molar-refractivity contribution in [1.82, 2.24) is 14.9 Å². The first-order valence-electron chi connectivity index (χ1n) is 8.80. The molecular formula is C16H31N3O3S. The van der Waals surface area contributed by atoms with Crippen molar-refractivity contribution < 1.29 is 13.2 Å². The zero-order chi connectivity index (χ0) is 17.0. The van der Waals surface area contributed by atoms with Gasteiger partial charge in [-0.05, 0) is 58.7 Å². The molecule has 2 aliphatic rings. The fourth-order valence-electron chi connectivity index (χ4n) is 3.62. The maximum absolute atomic E-state index is 12.3. The predicted molar refractivity (Wildman–Crippen MR) is 91.6 cm³/mol. The smallest absolute Gasteiger partial charge is 0.237 e. The largest absolute Gasteiger partial charge is 0.317 e. The molecule has 0 aromatic heterocycles. The third-order valence-corrected chi connectivity index (χ3v) is 7.14. The number of hydrogen-bond donors (Lipinski definition) is 2. The Labute approximate surface area is 140 Å². The molecule has 134 valence electrons. The second-order valence-electron chi connectivity index (χ2n) is 7.20. The Morgan fingerprint density at radius 1 is 1.04 bits per heavy atom. The van der Waals surface area contributed by atoms with Crippen molar-refractivity contribution in [1.29, 1.82) is 0 Å². The summed E-state index contributed by atoms with van der Waals surface area (Å²) >= 11 is 0. The van der Waals surface area contributed by atoms with Crippen LogP contribution in [0, 0.1) is 5.92 Å². The Morgan fingerprint density at radius 2 is 1.61 bits per heavy atom. The maximum atomic E-state index is 12.3. The summed E-state index contributed by atoms with van der Waals surface area (Å²) in [6.45, 7) is 5.04. The molecule has 0 atom stereocenters. The highest BCUT2D eigenvalue weighted by Crippen LogP contribution is 2.27. The molecule has 1 aliphatic carbocycles. The second kappa shape index (κ2) is 7.94. The first kappa shape index (κ1) is 18.7. The van der Waals surface area contributed by atoms with Crippen LogP contribution in [-0.2, 0) is 14.8 Å². The van der Waals surface area contributed by atoms with Gasteiger partial charge in [0.25, 0.3) is 0 Å². The lowest BCUT2D eigenvalue weighted by atomic mass is 9.89. The van der Waals surface area contributed by atoms with Gasteiger partial charge in [0.05, 0.1) is 5.25 Å². The maximum Gasteiger partial charge on any atom is 0.237 e. The van der Waals surface area contributed by atoms with Crippen LogP contribution in [0.1, 0.15) is 52.4 Å². The average molecular weight is 346 g/mol. The summed E-state index contributed by atoms with van der Waals surface area (Å²) in [4.78, 5) is 14.1. The van der Waals surface area contributed by atoms with E-state index in [1.165, 1.54) is 25.7 Å². The van der Waals surface area contributed by atoms with Gasteiger partial charge in [-0.3, -0.25) is 9.52 Å². The molecule has 2 fully saturated rings. The van der Waals surface area contributed by atoms with E-state index in [1.54, 1.807) is 13.8 Å². The van der Waals surface area contributed by atoms with Gasteiger partial charge in [-0.2, -0.15) is 0 Å². The molecule has 2 N–H and O–H groups in total. The van der Waals surface area contributed by atoms with Gasteiger partial charge in [0.15, 0.2) is 0 Å². The van der Waals surface area contributed by atoms with Crippen LogP contribution in [0.2, 0.25) is 0 Å². The lowest BCUT2D eigenvalue weighted by molar-refractivity contribution is -0.122. The van der Waals surface area contributed by atoms with Crippen LogP contribution in [0.25, 0.3) is 0 Å². The molecule has 7 heteroatoms. The van der Waals surface area contributed by atoms with Crippen molar-refractivity contribution in [2.45, 2.75) is 69.7 Å². The van der Waals surface area contributed by atoms with Gasteiger partial charge in [0, 0.05) is 18.0 Å². The fraction of sp³-hybridized carbons (Fsp3) is 0.938. The van der Waals surface area contributed by atoms with Crippen LogP contribution in [-0.4, -0.2) is 56.7 Å². The first-order valence-corrected chi connectivity index (χ1v) is 10.3. The van der Waals surface area contributed by atoms with Gasteiger partial charge in [-0.25, -0.2) is 8.42 Å². The minimum Gasteiger partial charge on any atom is -0.317 e. The molecule has 1 saturated carbocycles. The van der Waals surface area contributed by atoms with Crippen molar-refractivity contribution in [2.75, 3.05) is 20.1 Å². The number of nitrogens with one attached hydrogen (secondary N) is 2. The zero-order valence-corrected chi connectivity index (χ0v) is 15.4. The van der Waals surface area contributed by atoms with Crippen molar-refractivity contribution in [2.24, 2.45) is 5.92 Å². The quantitative estimate of drug-likeness (QED) is 0.780. The molecule has 0 radical (unpaired) electrons. The summed E-state index contributed by atoms with van der Waals surface area (Å²) in [6.07, 6.45) is 6.01. The van der Waals surface area contributed by atoms with E-state index in [4.69, 9.17) is 0 Å². The number of hydrogen-bond acceptors (Lipinski definition) is 5. The minimum atomic E-state index is -3.53. The number of piperidine rings is 1. The normalized spacial score (nSPS) is 28.0. The molecule has 1 amide bonds. The van der Waals surface area contributed by atoms with E-state index in [-0.39, 0.29) is 5.92 Å². The molecule has 0 bridgehead atoms. The van der Waals surface area contributed by atoms with Gasteiger partial charge in [0.2, 0.25) is 15.9 Å². The standard InChI is InChI=1S/C16H31N3O3S/c1-12(2)16(20)18-23(21,22)15-8-10-19(11-9-15)14-6-4-13(17-3)5-7-14/h12-15,17H,4-11H2,1-3H3,(H,18,20). The molecule has 0 spiro atoms. The van der Waals surface area contributed by atoms with Gasteiger partial charge in [0.1, 0.15) is 0 Å². The topological polar surface area (TPSA) is 78.5 Å². The van der Waals surface area contributed by atoms with E-state index < -0.39 is 21.2 Å². The number of rotatable bonds is 5. The van der Waals surface area contributed by atoms with E-state index in [1.807, 2.05) is 7.05 Å². The SMILES string of the molecule is CNC1CCC(N2CCC(S(=O)(=O)NC(=O)C(C)C)CC2)CC1. The molecule has 1 saturated heterocycles. The summed E-state index contributed by atoms with van der Waals surface area (Å²) in [5.74, 6) is -0.718. The van der Waals surface area contributed by atoms with Crippen LogP contribution in [0.3, 0.4) is 0 Å². The Hall–Kier alpha value is -0.660. The highest BCUT2D eigenvalue weighted by Gasteiger charge is 2.34. The predicted octanol–water partition coefficient (Wildman–Crippen LogP) is 1.08. The number of likely N-dealkylation sites (tertiary alicyclic amines) is 1. The summed E-state index contributed by atoms with van der Waals surface area (Å²) in [5.41, 5.74) is 0. The van der Waals surface area contributed by atoms with Gasteiger partial charge in [-0.1, -0.05) is 13.8 Å². The molecule has 0 aromatic rings. The fourth-order valence-corrected chi connectivity index (χ4v) is 5.14. The van der Waals surface area contributed by atoms with Crippen molar-refractivity contribution >= 4 is 15.9 Å². The summed E-state index contributed by atoms with van der Waals surface area (Å²) < 4.78 is 26.9. The number of carbonyl (C=O) groups excluding carboxylic acids is 1. The molecule has 0 unspecified atom stereocenters. The molecule has 23 heavy (non-hydrogen) atoms. The molecule has 0 aromatic carbocycles. The summed E-state index contributed by atoms with van der Waals surface area (Å²) in [6, 6.07) is 1.23. The third kappa shape index (κ3) is 4.90. The Kier molecular flexibility index (Phi) is 6.45. The van der Waals surface area contributed by atoms with Crippen LogP contribution in [0.15, 0.2) is 0 Å². The lowest BCUT2D eigenvalue weighted by Crippen LogP contribution is -2.49. The monoisotopic (exact) mass is 345 g/mol. The average Bonchev–Trinajstić information content (AvgIpc) is 2.54. The summed E-state index contributed by atoms with van der Waals surface area (Å²) in [5, 5.41) is 2.91. The molecule has 6 nitrogen and oxygen atoms in total. The van der Waals surface area contributed by atoms with E-state index in [0.717, 1.165) is 13.1 Å².